The molecule has 7 nitrogen and oxygen atoms in total. The predicted octanol–water partition coefficient (Wildman–Crippen LogP) is 2.66. The minimum atomic E-state index is -0.171. The van der Waals surface area contributed by atoms with Crippen LogP contribution in [-0.4, -0.2) is 42.7 Å². The number of methoxy groups -OCH3 is 1. The third-order valence-corrected chi connectivity index (χ3v) is 4.13. The molecular weight excluding hydrogens is 344 g/mol. The van der Waals surface area contributed by atoms with E-state index in [2.05, 4.69) is 28.7 Å². The molecule has 1 unspecified atom stereocenters. The fourth-order valence-electron chi connectivity index (χ4n) is 2.68. The number of nitrogens with zero attached hydrogens (tertiary/aromatic N) is 2. The highest BCUT2D eigenvalue weighted by atomic mass is 16.5. The van der Waals surface area contributed by atoms with Gasteiger partial charge in [0.2, 0.25) is 0 Å². The van der Waals surface area contributed by atoms with Gasteiger partial charge in [-0.25, -0.2) is 4.79 Å². The summed E-state index contributed by atoms with van der Waals surface area (Å²) < 4.78 is 12.4. The second-order valence-electron chi connectivity index (χ2n) is 6.76. The maximum atomic E-state index is 12.0. The number of carbonyl (C=O) groups is 1. The molecule has 148 valence electrons. The van der Waals surface area contributed by atoms with Gasteiger partial charge in [-0.15, -0.1) is 0 Å². The van der Waals surface area contributed by atoms with Crippen molar-refractivity contribution in [2.75, 3.05) is 26.9 Å². The lowest BCUT2D eigenvalue weighted by Crippen LogP contribution is -2.38. The summed E-state index contributed by atoms with van der Waals surface area (Å²) in [6, 6.07) is 9.54. The molecule has 1 aromatic heterocycles. The summed E-state index contributed by atoms with van der Waals surface area (Å²) in [6.07, 6.45) is 0. The van der Waals surface area contributed by atoms with E-state index in [0.29, 0.717) is 26.3 Å². The van der Waals surface area contributed by atoms with Gasteiger partial charge >= 0.3 is 6.03 Å². The molecule has 0 aliphatic rings. The standard InChI is InChI=1S/C20H30N4O3/c1-15(14-24-17(3)11-16(2)23-24)12-21-20(25)22-13-18-5-7-19(8-6-18)27-10-9-26-4/h5-8,11,15H,9-10,12-14H2,1-4H3,(H2,21,22,25). The first-order valence-corrected chi connectivity index (χ1v) is 9.21. The largest absolute Gasteiger partial charge is 0.491 e. The molecule has 0 fully saturated rings. The van der Waals surface area contributed by atoms with Crippen LogP contribution in [-0.2, 0) is 17.8 Å². The van der Waals surface area contributed by atoms with Crippen molar-refractivity contribution in [3.63, 3.8) is 0 Å². The Balaban J connectivity index is 1.67. The van der Waals surface area contributed by atoms with Gasteiger partial charge in [-0.2, -0.15) is 5.10 Å². The van der Waals surface area contributed by atoms with E-state index in [1.54, 1.807) is 7.11 Å². The Hall–Kier alpha value is -2.54. The molecule has 0 spiro atoms. The smallest absolute Gasteiger partial charge is 0.315 e. The highest BCUT2D eigenvalue weighted by Gasteiger charge is 2.09. The van der Waals surface area contributed by atoms with Crippen LogP contribution in [0, 0.1) is 19.8 Å². The average Bonchev–Trinajstić information content (AvgIpc) is 2.96. The van der Waals surface area contributed by atoms with Crippen LogP contribution >= 0.6 is 0 Å². The maximum absolute atomic E-state index is 12.0. The van der Waals surface area contributed by atoms with Crippen molar-refractivity contribution in [2.24, 2.45) is 5.92 Å². The summed E-state index contributed by atoms with van der Waals surface area (Å²) in [5.74, 6) is 1.08. The normalized spacial score (nSPS) is 11.9. The molecule has 0 radical (unpaired) electrons. The van der Waals surface area contributed by atoms with Gasteiger partial charge < -0.3 is 20.1 Å². The molecule has 27 heavy (non-hydrogen) atoms. The average molecular weight is 374 g/mol. The third kappa shape index (κ3) is 7.30. The first-order valence-electron chi connectivity index (χ1n) is 9.21. The van der Waals surface area contributed by atoms with E-state index in [-0.39, 0.29) is 11.9 Å². The molecule has 0 saturated carbocycles. The number of carbonyl (C=O) groups excluding carboxylic acids is 1. The SMILES string of the molecule is COCCOc1ccc(CNC(=O)NCC(C)Cn2nc(C)cc2C)cc1. The monoisotopic (exact) mass is 374 g/mol. The molecular formula is C20H30N4O3. The van der Waals surface area contributed by atoms with Crippen LogP contribution < -0.4 is 15.4 Å². The minimum absolute atomic E-state index is 0.171. The molecule has 0 saturated heterocycles. The van der Waals surface area contributed by atoms with Crippen molar-refractivity contribution in [3.8, 4) is 5.75 Å². The number of hydrogen-bond donors (Lipinski definition) is 2. The topological polar surface area (TPSA) is 77.4 Å². The van der Waals surface area contributed by atoms with Gasteiger partial charge in [-0.05, 0) is 43.5 Å². The number of ether oxygens (including phenoxy) is 2. The van der Waals surface area contributed by atoms with E-state index in [4.69, 9.17) is 9.47 Å². The number of amides is 2. The third-order valence-electron chi connectivity index (χ3n) is 4.13. The van der Waals surface area contributed by atoms with E-state index in [1.807, 2.05) is 42.8 Å². The minimum Gasteiger partial charge on any atom is -0.491 e. The lowest BCUT2D eigenvalue weighted by molar-refractivity contribution is 0.146. The van der Waals surface area contributed by atoms with Crippen molar-refractivity contribution in [1.29, 1.82) is 0 Å². The van der Waals surface area contributed by atoms with Gasteiger partial charge in [0.25, 0.3) is 0 Å². The van der Waals surface area contributed by atoms with Crippen LogP contribution in [0.2, 0.25) is 0 Å². The Morgan fingerprint density at radius 3 is 2.56 bits per heavy atom. The van der Waals surface area contributed by atoms with Gasteiger partial charge in [0.1, 0.15) is 12.4 Å². The van der Waals surface area contributed by atoms with Gasteiger partial charge in [-0.3, -0.25) is 4.68 Å². The Bertz CT molecular complexity index is 713. The summed E-state index contributed by atoms with van der Waals surface area (Å²) >= 11 is 0. The van der Waals surface area contributed by atoms with Crippen LogP contribution in [0.15, 0.2) is 30.3 Å². The second kappa shape index (κ2) is 10.6. The van der Waals surface area contributed by atoms with Crippen LogP contribution in [0.5, 0.6) is 5.75 Å². The zero-order chi connectivity index (χ0) is 19.6. The fraction of sp³-hybridized carbons (Fsp3) is 0.500. The number of hydrogen-bond acceptors (Lipinski definition) is 4. The Kier molecular flexibility index (Phi) is 8.13. The van der Waals surface area contributed by atoms with Crippen LogP contribution in [0.3, 0.4) is 0 Å². The van der Waals surface area contributed by atoms with Crippen molar-refractivity contribution in [3.05, 3.63) is 47.3 Å². The molecule has 1 atom stereocenters. The van der Waals surface area contributed by atoms with E-state index < -0.39 is 0 Å². The first kappa shape index (κ1) is 20.8. The number of nitrogens with one attached hydrogen (secondary N) is 2. The lowest BCUT2D eigenvalue weighted by Gasteiger charge is -2.14. The van der Waals surface area contributed by atoms with E-state index in [0.717, 1.165) is 29.2 Å². The van der Waals surface area contributed by atoms with Crippen molar-refractivity contribution in [2.45, 2.75) is 33.9 Å². The highest BCUT2D eigenvalue weighted by molar-refractivity contribution is 5.73. The predicted molar refractivity (Wildman–Crippen MR) is 105 cm³/mol. The van der Waals surface area contributed by atoms with Crippen molar-refractivity contribution < 1.29 is 14.3 Å². The summed E-state index contributed by atoms with van der Waals surface area (Å²) in [5.41, 5.74) is 3.17. The number of aryl methyl sites for hydroxylation is 2. The Morgan fingerprint density at radius 2 is 1.93 bits per heavy atom. The molecule has 1 aromatic carbocycles. The maximum Gasteiger partial charge on any atom is 0.315 e. The zero-order valence-corrected chi connectivity index (χ0v) is 16.6. The molecule has 2 aromatic rings. The number of urea groups is 1. The molecule has 1 heterocycles. The van der Waals surface area contributed by atoms with Crippen LogP contribution in [0.1, 0.15) is 23.9 Å². The Labute approximate surface area is 161 Å². The molecule has 0 aliphatic carbocycles. The summed E-state index contributed by atoms with van der Waals surface area (Å²) in [6.45, 7) is 9.04. The van der Waals surface area contributed by atoms with Crippen LogP contribution in [0.25, 0.3) is 0 Å². The molecule has 0 bridgehead atoms. The zero-order valence-electron chi connectivity index (χ0n) is 16.6. The fourth-order valence-corrected chi connectivity index (χ4v) is 2.68. The van der Waals surface area contributed by atoms with Gasteiger partial charge in [-0.1, -0.05) is 19.1 Å². The summed E-state index contributed by atoms with van der Waals surface area (Å²) in [5, 5.41) is 10.2. The first-order chi connectivity index (χ1) is 13.0. The van der Waals surface area contributed by atoms with E-state index in [9.17, 15) is 4.79 Å². The molecule has 2 rings (SSSR count). The molecule has 7 heteroatoms. The highest BCUT2D eigenvalue weighted by Crippen LogP contribution is 2.12. The summed E-state index contributed by atoms with van der Waals surface area (Å²) in [4.78, 5) is 12.0. The molecule has 2 amide bonds. The summed E-state index contributed by atoms with van der Waals surface area (Å²) in [7, 11) is 1.64. The second-order valence-corrected chi connectivity index (χ2v) is 6.76. The number of rotatable bonds is 10. The van der Waals surface area contributed by atoms with Crippen LogP contribution in [0.4, 0.5) is 4.79 Å². The van der Waals surface area contributed by atoms with E-state index in [1.165, 1.54) is 0 Å². The molecule has 0 aliphatic heterocycles. The van der Waals surface area contributed by atoms with Gasteiger partial charge in [0.05, 0.1) is 12.3 Å². The van der Waals surface area contributed by atoms with Crippen molar-refractivity contribution in [1.82, 2.24) is 20.4 Å². The van der Waals surface area contributed by atoms with Crippen molar-refractivity contribution >= 4 is 6.03 Å². The quantitative estimate of drug-likeness (QED) is 0.627. The lowest BCUT2D eigenvalue weighted by atomic mass is 10.2. The Morgan fingerprint density at radius 1 is 1.19 bits per heavy atom. The number of aromatic nitrogens is 2. The van der Waals surface area contributed by atoms with Gasteiger partial charge in [0, 0.05) is 32.4 Å². The molecule has 2 N–H and O–H groups in total. The van der Waals surface area contributed by atoms with E-state index >= 15 is 0 Å². The number of benzene rings is 1. The van der Waals surface area contributed by atoms with Gasteiger partial charge in [0.15, 0.2) is 0 Å².